The van der Waals surface area contributed by atoms with Crippen LogP contribution in [0.1, 0.15) is 39.5 Å². The van der Waals surface area contributed by atoms with E-state index < -0.39 is 10.0 Å². The Kier molecular flexibility index (Phi) is 10.3. The molecule has 0 saturated carbocycles. The minimum absolute atomic E-state index is 0. The number of para-hydroxylation sites is 1. The maximum atomic E-state index is 12.3. The first-order chi connectivity index (χ1) is 12.9. The van der Waals surface area contributed by atoms with Crippen LogP contribution in [-0.2, 0) is 10.0 Å². The maximum absolute atomic E-state index is 12.3. The van der Waals surface area contributed by atoms with E-state index >= 15 is 0 Å². The molecule has 1 aromatic carbocycles. The van der Waals surface area contributed by atoms with Crippen molar-refractivity contribution in [1.82, 2.24) is 14.9 Å². The van der Waals surface area contributed by atoms with Gasteiger partial charge < -0.3 is 15.1 Å². The lowest BCUT2D eigenvalue weighted by atomic mass is 10.2. The van der Waals surface area contributed by atoms with E-state index in [1.54, 1.807) is 0 Å². The van der Waals surface area contributed by atoms with Crippen molar-refractivity contribution >= 4 is 50.9 Å². The third-order valence-electron chi connectivity index (χ3n) is 4.29. The number of aliphatic imine (C=N–C) groups is 1. The number of furan rings is 1. The molecular weight excluding hydrogens is 491 g/mol. The molecule has 2 aromatic rings. The van der Waals surface area contributed by atoms with E-state index in [0.717, 1.165) is 16.7 Å². The van der Waals surface area contributed by atoms with Gasteiger partial charge in [-0.05, 0) is 26.0 Å². The zero-order chi connectivity index (χ0) is 19.9. The first kappa shape index (κ1) is 24.7. The molecular formula is C19H31IN4O3S. The molecule has 0 fully saturated rings. The molecule has 2 rings (SSSR count). The van der Waals surface area contributed by atoms with Gasteiger partial charge in [0.2, 0.25) is 10.0 Å². The Morgan fingerprint density at radius 3 is 2.50 bits per heavy atom. The van der Waals surface area contributed by atoms with Gasteiger partial charge in [-0.1, -0.05) is 32.0 Å². The van der Waals surface area contributed by atoms with Crippen LogP contribution in [0, 0.1) is 0 Å². The van der Waals surface area contributed by atoms with E-state index in [9.17, 15) is 8.42 Å². The summed E-state index contributed by atoms with van der Waals surface area (Å²) in [4.78, 5) is 4.42. The van der Waals surface area contributed by atoms with Gasteiger partial charge in [0.05, 0.1) is 18.3 Å². The van der Waals surface area contributed by atoms with Crippen LogP contribution >= 0.6 is 24.0 Å². The minimum atomic E-state index is -3.28. The maximum Gasteiger partial charge on any atom is 0.215 e. The van der Waals surface area contributed by atoms with Crippen molar-refractivity contribution in [1.29, 1.82) is 0 Å². The highest BCUT2D eigenvalue weighted by molar-refractivity contribution is 14.0. The quantitative estimate of drug-likeness (QED) is 0.300. The summed E-state index contributed by atoms with van der Waals surface area (Å²) < 4.78 is 31.9. The summed E-state index contributed by atoms with van der Waals surface area (Å²) in [7, 11) is -3.28. The highest BCUT2D eigenvalue weighted by Crippen LogP contribution is 2.23. The van der Waals surface area contributed by atoms with Crippen LogP contribution in [0.3, 0.4) is 0 Å². The van der Waals surface area contributed by atoms with Crippen LogP contribution in [0.5, 0.6) is 0 Å². The Balaban J connectivity index is 0.00000392. The van der Waals surface area contributed by atoms with Crippen molar-refractivity contribution in [3.05, 3.63) is 36.1 Å². The number of fused-ring (bicyclic) bond motifs is 1. The number of nitrogens with zero attached hydrogens (tertiary/aromatic N) is 2. The second kappa shape index (κ2) is 11.6. The number of nitrogens with one attached hydrogen (secondary N) is 2. The fourth-order valence-corrected chi connectivity index (χ4v) is 4.20. The van der Waals surface area contributed by atoms with E-state index in [-0.39, 0.29) is 42.3 Å². The second-order valence-corrected chi connectivity index (χ2v) is 8.30. The standard InChI is InChI=1S/C19H30N4O3S.HI/c1-5-20-19(21-12-13-27(24,25)23(6-2)7-3)22-15(4)18-14-16-10-8-9-11-17(16)26-18;/h8-11,14-15H,5-7,12-13H2,1-4H3,(H2,20,21,22);1H. The third kappa shape index (κ3) is 6.63. The summed E-state index contributed by atoms with van der Waals surface area (Å²) in [6.45, 7) is 9.46. The van der Waals surface area contributed by atoms with Crippen molar-refractivity contribution in [2.45, 2.75) is 33.7 Å². The molecule has 1 heterocycles. The molecule has 158 valence electrons. The molecule has 7 nitrogen and oxygen atoms in total. The number of guanidine groups is 1. The zero-order valence-corrected chi connectivity index (χ0v) is 20.1. The summed E-state index contributed by atoms with van der Waals surface area (Å²) in [6.07, 6.45) is 0. The molecule has 0 saturated heterocycles. The first-order valence-electron chi connectivity index (χ1n) is 9.42. The average Bonchev–Trinajstić information content (AvgIpc) is 3.06. The molecule has 0 aliphatic rings. The van der Waals surface area contributed by atoms with Crippen molar-refractivity contribution in [3.8, 4) is 0 Å². The molecule has 0 spiro atoms. The van der Waals surface area contributed by atoms with Crippen LogP contribution in [0.4, 0.5) is 0 Å². The summed E-state index contributed by atoms with van der Waals surface area (Å²) in [6, 6.07) is 9.75. The Hall–Kier alpha value is -1.33. The molecule has 1 atom stereocenters. The van der Waals surface area contributed by atoms with E-state index in [2.05, 4.69) is 15.6 Å². The van der Waals surface area contributed by atoms with E-state index in [1.807, 2.05) is 58.0 Å². The van der Waals surface area contributed by atoms with Gasteiger partial charge in [-0.2, -0.15) is 0 Å². The van der Waals surface area contributed by atoms with E-state index in [0.29, 0.717) is 25.6 Å². The number of benzene rings is 1. The Morgan fingerprint density at radius 2 is 1.89 bits per heavy atom. The highest BCUT2D eigenvalue weighted by atomic mass is 127. The molecule has 0 bridgehead atoms. The lowest BCUT2D eigenvalue weighted by molar-refractivity contribution is 0.445. The summed E-state index contributed by atoms with van der Waals surface area (Å²) in [5, 5.41) is 7.47. The van der Waals surface area contributed by atoms with Gasteiger partial charge in [-0.25, -0.2) is 12.7 Å². The van der Waals surface area contributed by atoms with E-state index in [4.69, 9.17) is 4.42 Å². The molecule has 0 aliphatic heterocycles. The monoisotopic (exact) mass is 522 g/mol. The van der Waals surface area contributed by atoms with Gasteiger partial charge >= 0.3 is 0 Å². The highest BCUT2D eigenvalue weighted by Gasteiger charge is 2.18. The van der Waals surface area contributed by atoms with Crippen molar-refractivity contribution < 1.29 is 12.8 Å². The van der Waals surface area contributed by atoms with Crippen LogP contribution in [-0.4, -0.2) is 50.6 Å². The van der Waals surface area contributed by atoms with Gasteiger partial charge in [-0.3, -0.25) is 4.99 Å². The number of hydrogen-bond acceptors (Lipinski definition) is 4. The van der Waals surface area contributed by atoms with Crippen LogP contribution in [0.2, 0.25) is 0 Å². The summed E-state index contributed by atoms with van der Waals surface area (Å²) in [5.41, 5.74) is 0.841. The molecule has 28 heavy (non-hydrogen) atoms. The van der Waals surface area contributed by atoms with Crippen molar-refractivity contribution in [3.63, 3.8) is 0 Å². The third-order valence-corrected chi connectivity index (χ3v) is 6.29. The smallest absolute Gasteiger partial charge is 0.215 e. The predicted octanol–water partition coefficient (Wildman–Crippen LogP) is 3.34. The van der Waals surface area contributed by atoms with Crippen molar-refractivity contribution in [2.75, 3.05) is 31.9 Å². The normalized spacial score (nSPS) is 13.4. The molecule has 1 aromatic heterocycles. The number of hydrogen-bond donors (Lipinski definition) is 2. The van der Waals surface area contributed by atoms with Gasteiger partial charge in [0.25, 0.3) is 0 Å². The Morgan fingerprint density at radius 1 is 1.21 bits per heavy atom. The minimum Gasteiger partial charge on any atom is -0.459 e. The van der Waals surface area contributed by atoms with Gasteiger partial charge in [0.1, 0.15) is 11.3 Å². The predicted molar refractivity (Wildman–Crippen MR) is 126 cm³/mol. The first-order valence-corrected chi connectivity index (χ1v) is 11.0. The fraction of sp³-hybridized carbons (Fsp3) is 0.526. The fourth-order valence-electron chi connectivity index (χ4n) is 2.83. The van der Waals surface area contributed by atoms with Crippen molar-refractivity contribution in [2.24, 2.45) is 4.99 Å². The lowest BCUT2D eigenvalue weighted by Gasteiger charge is -2.18. The Labute approximate surface area is 185 Å². The lowest BCUT2D eigenvalue weighted by Crippen LogP contribution is -2.39. The number of rotatable bonds is 9. The largest absolute Gasteiger partial charge is 0.459 e. The molecule has 9 heteroatoms. The molecule has 0 amide bonds. The SMILES string of the molecule is CCNC(=NCCS(=O)(=O)N(CC)CC)NC(C)c1cc2ccccc2o1.I. The van der Waals surface area contributed by atoms with Gasteiger partial charge in [0.15, 0.2) is 5.96 Å². The molecule has 1 unspecified atom stereocenters. The number of sulfonamides is 1. The summed E-state index contributed by atoms with van der Waals surface area (Å²) >= 11 is 0. The topological polar surface area (TPSA) is 86.9 Å². The zero-order valence-electron chi connectivity index (χ0n) is 16.9. The Bertz CT molecular complexity index is 830. The summed E-state index contributed by atoms with van der Waals surface area (Å²) in [5.74, 6) is 1.36. The molecule has 0 aliphatic carbocycles. The second-order valence-electron chi connectivity index (χ2n) is 6.21. The average molecular weight is 522 g/mol. The molecule has 2 N–H and O–H groups in total. The number of halogens is 1. The van der Waals surface area contributed by atoms with Crippen LogP contribution < -0.4 is 10.6 Å². The molecule has 0 radical (unpaired) electrons. The van der Waals surface area contributed by atoms with Gasteiger partial charge in [0, 0.05) is 25.0 Å². The van der Waals surface area contributed by atoms with Crippen LogP contribution in [0.15, 0.2) is 39.7 Å². The van der Waals surface area contributed by atoms with E-state index in [1.165, 1.54) is 4.31 Å². The van der Waals surface area contributed by atoms with Gasteiger partial charge in [-0.15, -0.1) is 24.0 Å². The van der Waals surface area contributed by atoms with Crippen LogP contribution in [0.25, 0.3) is 11.0 Å².